The summed E-state index contributed by atoms with van der Waals surface area (Å²) in [7, 11) is 1.68. The Morgan fingerprint density at radius 2 is 1.79 bits per heavy atom. The molecule has 1 aromatic carbocycles. The van der Waals surface area contributed by atoms with Crippen molar-refractivity contribution in [1.29, 1.82) is 0 Å². The number of ether oxygens (including phenoxy) is 1. The van der Waals surface area contributed by atoms with E-state index in [1.807, 2.05) is 12.1 Å². The van der Waals surface area contributed by atoms with Crippen LogP contribution in [0.4, 0.5) is 11.5 Å². The first-order chi connectivity index (χ1) is 9.04. The van der Waals surface area contributed by atoms with Gasteiger partial charge in [-0.25, -0.2) is 4.98 Å². The van der Waals surface area contributed by atoms with E-state index in [0.717, 1.165) is 23.3 Å². The molecule has 19 heavy (non-hydrogen) atoms. The number of anilines is 2. The predicted octanol–water partition coefficient (Wildman–Crippen LogP) is 2.46. The van der Waals surface area contributed by atoms with Crippen molar-refractivity contribution in [2.75, 3.05) is 18.6 Å². The molecule has 0 unspecified atom stereocenters. The van der Waals surface area contributed by atoms with Gasteiger partial charge in [0.05, 0.1) is 12.8 Å². The number of nitrogen functional groups attached to an aromatic ring is 2. The molecule has 0 aliphatic heterocycles. The zero-order chi connectivity index (χ0) is 14.0. The van der Waals surface area contributed by atoms with Gasteiger partial charge in [-0.15, -0.1) is 0 Å². The summed E-state index contributed by atoms with van der Waals surface area (Å²) in [5, 5.41) is 0. The fraction of sp³-hybridized carbons (Fsp3) is 0.267. The van der Waals surface area contributed by atoms with Crippen molar-refractivity contribution in [2.24, 2.45) is 0 Å². The fourth-order valence-electron chi connectivity index (χ4n) is 2.16. The summed E-state index contributed by atoms with van der Waals surface area (Å²) in [5.41, 5.74) is 16.8. The van der Waals surface area contributed by atoms with E-state index in [1.165, 1.54) is 11.1 Å². The number of aromatic nitrogens is 1. The number of nitrogens with two attached hydrogens (primary N) is 2. The van der Waals surface area contributed by atoms with Gasteiger partial charge >= 0.3 is 0 Å². The molecule has 2 aromatic rings. The average molecular weight is 257 g/mol. The summed E-state index contributed by atoms with van der Waals surface area (Å²) in [6, 6.07) is 5.96. The number of hydrogen-bond acceptors (Lipinski definition) is 4. The highest BCUT2D eigenvalue weighted by Crippen LogP contribution is 2.27. The number of hydrogen-bond donors (Lipinski definition) is 2. The van der Waals surface area contributed by atoms with Crippen LogP contribution in [0, 0.1) is 13.8 Å². The van der Waals surface area contributed by atoms with Crippen LogP contribution in [0.25, 0.3) is 0 Å². The Bertz CT molecular complexity index is 609. The first-order valence-corrected chi connectivity index (χ1v) is 6.16. The molecule has 0 aliphatic rings. The van der Waals surface area contributed by atoms with E-state index in [0.29, 0.717) is 11.5 Å². The third-order valence-electron chi connectivity index (χ3n) is 3.56. The Labute approximate surface area is 113 Å². The third-order valence-corrected chi connectivity index (χ3v) is 3.56. The number of methoxy groups -OCH3 is 1. The van der Waals surface area contributed by atoms with E-state index in [1.54, 1.807) is 13.3 Å². The Hall–Kier alpha value is -2.23. The van der Waals surface area contributed by atoms with E-state index in [2.05, 4.69) is 24.9 Å². The van der Waals surface area contributed by atoms with Crippen LogP contribution in [0.3, 0.4) is 0 Å². The van der Waals surface area contributed by atoms with Gasteiger partial charge in [0.1, 0.15) is 11.6 Å². The van der Waals surface area contributed by atoms with Crippen molar-refractivity contribution in [3.8, 4) is 5.75 Å². The summed E-state index contributed by atoms with van der Waals surface area (Å²) >= 11 is 0. The third kappa shape index (κ3) is 2.47. The smallest absolute Gasteiger partial charge is 0.146 e. The second kappa shape index (κ2) is 5.18. The van der Waals surface area contributed by atoms with Gasteiger partial charge < -0.3 is 16.2 Å². The van der Waals surface area contributed by atoms with E-state index in [4.69, 9.17) is 16.2 Å². The molecular formula is C15H19N3O. The normalized spacial score (nSPS) is 10.5. The molecule has 100 valence electrons. The lowest BCUT2D eigenvalue weighted by Gasteiger charge is -2.14. The zero-order valence-electron chi connectivity index (χ0n) is 11.5. The molecule has 0 fully saturated rings. The number of rotatable bonds is 3. The minimum atomic E-state index is 0.389. The molecular weight excluding hydrogens is 238 g/mol. The van der Waals surface area contributed by atoms with Crippen LogP contribution in [0.2, 0.25) is 0 Å². The Morgan fingerprint density at radius 3 is 2.47 bits per heavy atom. The Balaban J connectivity index is 2.39. The van der Waals surface area contributed by atoms with Crippen LogP contribution in [0.15, 0.2) is 24.4 Å². The highest BCUT2D eigenvalue weighted by atomic mass is 16.5. The molecule has 2 rings (SSSR count). The van der Waals surface area contributed by atoms with Crippen LogP contribution in [0.1, 0.15) is 22.3 Å². The molecule has 1 aromatic heterocycles. The molecule has 0 bridgehead atoms. The first kappa shape index (κ1) is 13.2. The van der Waals surface area contributed by atoms with Gasteiger partial charge in [-0.3, -0.25) is 0 Å². The highest BCUT2D eigenvalue weighted by molar-refractivity contribution is 5.63. The van der Waals surface area contributed by atoms with Crippen LogP contribution in [0.5, 0.6) is 5.75 Å². The summed E-state index contributed by atoms with van der Waals surface area (Å²) in [6.07, 6.45) is 2.43. The molecule has 0 radical (unpaired) electrons. The second-order valence-electron chi connectivity index (χ2n) is 4.62. The van der Waals surface area contributed by atoms with Gasteiger partial charge in [0.25, 0.3) is 0 Å². The molecule has 4 heteroatoms. The van der Waals surface area contributed by atoms with Crippen molar-refractivity contribution in [1.82, 2.24) is 4.98 Å². The maximum Gasteiger partial charge on any atom is 0.146 e. The molecule has 0 atom stereocenters. The van der Waals surface area contributed by atoms with Crippen LogP contribution < -0.4 is 16.2 Å². The van der Waals surface area contributed by atoms with Crippen molar-refractivity contribution < 1.29 is 4.74 Å². The van der Waals surface area contributed by atoms with Gasteiger partial charge in [-0.2, -0.15) is 0 Å². The summed E-state index contributed by atoms with van der Waals surface area (Å²) in [4.78, 5) is 3.98. The first-order valence-electron chi connectivity index (χ1n) is 6.16. The molecule has 4 nitrogen and oxygen atoms in total. The molecule has 0 saturated carbocycles. The van der Waals surface area contributed by atoms with Crippen molar-refractivity contribution in [2.45, 2.75) is 20.3 Å². The van der Waals surface area contributed by atoms with Crippen molar-refractivity contribution in [3.63, 3.8) is 0 Å². The molecule has 0 amide bonds. The Morgan fingerprint density at radius 1 is 1.05 bits per heavy atom. The molecule has 0 aliphatic carbocycles. The summed E-state index contributed by atoms with van der Waals surface area (Å²) < 4.78 is 5.32. The average Bonchev–Trinajstić information content (AvgIpc) is 2.40. The fourth-order valence-corrected chi connectivity index (χ4v) is 2.16. The maximum atomic E-state index is 5.96. The zero-order valence-corrected chi connectivity index (χ0v) is 11.5. The maximum absolute atomic E-state index is 5.96. The van der Waals surface area contributed by atoms with Gasteiger partial charge in [0.15, 0.2) is 0 Å². The van der Waals surface area contributed by atoms with Gasteiger partial charge in [0.2, 0.25) is 0 Å². The largest absolute Gasteiger partial charge is 0.496 e. The van der Waals surface area contributed by atoms with Gasteiger partial charge in [-0.05, 0) is 54.7 Å². The van der Waals surface area contributed by atoms with E-state index >= 15 is 0 Å². The minimum absolute atomic E-state index is 0.389. The van der Waals surface area contributed by atoms with E-state index < -0.39 is 0 Å². The lowest BCUT2D eigenvalue weighted by atomic mass is 9.96. The molecule has 0 spiro atoms. The Kier molecular flexibility index (Phi) is 3.60. The van der Waals surface area contributed by atoms with Gasteiger partial charge in [0, 0.05) is 6.20 Å². The topological polar surface area (TPSA) is 74.2 Å². The minimum Gasteiger partial charge on any atom is -0.496 e. The molecule has 4 N–H and O–H groups in total. The predicted molar refractivity (Wildman–Crippen MR) is 78.3 cm³/mol. The SMILES string of the molecule is COc1ccc(Cc2ccnc(N)c2N)c(C)c1C. The van der Waals surface area contributed by atoms with Crippen LogP contribution in [-0.4, -0.2) is 12.1 Å². The van der Waals surface area contributed by atoms with Gasteiger partial charge in [-0.1, -0.05) is 6.07 Å². The quantitative estimate of drug-likeness (QED) is 0.885. The summed E-state index contributed by atoms with van der Waals surface area (Å²) in [6.45, 7) is 4.15. The lowest BCUT2D eigenvalue weighted by Crippen LogP contribution is -2.04. The number of nitrogens with zero attached hydrogens (tertiary/aromatic N) is 1. The van der Waals surface area contributed by atoms with Crippen molar-refractivity contribution in [3.05, 3.63) is 46.6 Å². The van der Waals surface area contributed by atoms with Crippen LogP contribution >= 0.6 is 0 Å². The number of pyridine rings is 1. The molecule has 0 saturated heterocycles. The second-order valence-corrected chi connectivity index (χ2v) is 4.62. The van der Waals surface area contributed by atoms with Crippen molar-refractivity contribution >= 4 is 11.5 Å². The number of benzene rings is 1. The summed E-state index contributed by atoms with van der Waals surface area (Å²) in [5.74, 6) is 1.30. The van der Waals surface area contributed by atoms with Crippen LogP contribution in [-0.2, 0) is 6.42 Å². The lowest BCUT2D eigenvalue weighted by molar-refractivity contribution is 0.411. The molecule has 1 heterocycles. The highest BCUT2D eigenvalue weighted by Gasteiger charge is 2.10. The van der Waals surface area contributed by atoms with E-state index in [-0.39, 0.29) is 0 Å². The van der Waals surface area contributed by atoms with E-state index in [9.17, 15) is 0 Å². The standard InChI is InChI=1S/C15H19N3O/c1-9-10(2)13(19-3)5-4-11(9)8-12-6-7-18-15(17)14(12)16/h4-7H,8,16H2,1-3H3,(H2,17,18). The monoisotopic (exact) mass is 257 g/mol.